The molecular formula is C20H26N6O3. The lowest BCUT2D eigenvalue weighted by molar-refractivity contribution is -0.143. The summed E-state index contributed by atoms with van der Waals surface area (Å²) < 4.78 is 1.32. The van der Waals surface area contributed by atoms with Crippen molar-refractivity contribution in [3.63, 3.8) is 0 Å². The maximum absolute atomic E-state index is 12.7. The molecule has 1 aliphatic heterocycles. The summed E-state index contributed by atoms with van der Waals surface area (Å²) in [5.74, 6) is -1.54. The predicted molar refractivity (Wildman–Crippen MR) is 107 cm³/mol. The second-order valence-electron chi connectivity index (χ2n) is 7.51. The molecule has 29 heavy (non-hydrogen) atoms. The summed E-state index contributed by atoms with van der Waals surface area (Å²) in [6, 6.07) is 6.02. The summed E-state index contributed by atoms with van der Waals surface area (Å²) in [5, 5.41) is 6.47. The molecule has 0 radical (unpaired) electrons. The zero-order valence-electron chi connectivity index (χ0n) is 17.2. The number of aromatic nitrogens is 3. The molecule has 1 fully saturated rings. The van der Waals surface area contributed by atoms with Crippen LogP contribution in [0, 0.1) is 13.8 Å². The minimum Gasteiger partial charge on any atom is -0.347 e. The monoisotopic (exact) mass is 398 g/mol. The van der Waals surface area contributed by atoms with Gasteiger partial charge in [-0.2, -0.15) is 0 Å². The Bertz CT molecular complexity index is 936. The largest absolute Gasteiger partial charge is 0.347 e. The first-order valence-electron chi connectivity index (χ1n) is 9.55. The Kier molecular flexibility index (Phi) is 5.95. The van der Waals surface area contributed by atoms with E-state index >= 15 is 0 Å². The van der Waals surface area contributed by atoms with Crippen LogP contribution in [0.4, 0.5) is 5.95 Å². The van der Waals surface area contributed by atoms with Gasteiger partial charge in [0.15, 0.2) is 0 Å². The van der Waals surface area contributed by atoms with E-state index in [-0.39, 0.29) is 24.4 Å². The minimum atomic E-state index is -0.780. The van der Waals surface area contributed by atoms with Gasteiger partial charge in [-0.3, -0.25) is 19.7 Å². The van der Waals surface area contributed by atoms with Gasteiger partial charge in [0, 0.05) is 20.6 Å². The van der Waals surface area contributed by atoms with Crippen LogP contribution < -0.4 is 5.32 Å². The SMILES string of the molecule is Cc1ccc([C@H]2CCCN2C(=O)C(=O)Nc2ncn(CC(=O)N(C)C)n2)cc1C. The van der Waals surface area contributed by atoms with Gasteiger partial charge >= 0.3 is 11.8 Å². The van der Waals surface area contributed by atoms with Crippen LogP contribution in [0.1, 0.15) is 35.6 Å². The molecule has 1 atom stereocenters. The Hall–Kier alpha value is -3.23. The summed E-state index contributed by atoms with van der Waals surface area (Å²) in [5.41, 5.74) is 3.39. The number of carbonyl (C=O) groups is 3. The molecule has 3 amide bonds. The lowest BCUT2D eigenvalue weighted by atomic mass is 9.99. The van der Waals surface area contributed by atoms with Crippen LogP contribution in [0.3, 0.4) is 0 Å². The summed E-state index contributed by atoms with van der Waals surface area (Å²) in [6.07, 6.45) is 3.01. The molecule has 154 valence electrons. The summed E-state index contributed by atoms with van der Waals surface area (Å²) in [7, 11) is 3.28. The predicted octanol–water partition coefficient (Wildman–Crippen LogP) is 1.29. The fraction of sp³-hybridized carbons (Fsp3) is 0.450. The highest BCUT2D eigenvalue weighted by Gasteiger charge is 2.34. The van der Waals surface area contributed by atoms with E-state index < -0.39 is 11.8 Å². The van der Waals surface area contributed by atoms with Crippen molar-refractivity contribution in [1.29, 1.82) is 0 Å². The second-order valence-corrected chi connectivity index (χ2v) is 7.51. The van der Waals surface area contributed by atoms with Crippen LogP contribution in [-0.4, -0.2) is 62.9 Å². The van der Waals surface area contributed by atoms with Crippen molar-refractivity contribution >= 4 is 23.7 Å². The average molecular weight is 398 g/mol. The molecular weight excluding hydrogens is 372 g/mol. The van der Waals surface area contributed by atoms with Crippen molar-refractivity contribution in [1.82, 2.24) is 24.6 Å². The molecule has 2 heterocycles. The number of anilines is 1. The smallest absolute Gasteiger partial charge is 0.316 e. The standard InChI is InChI=1S/C20H26N6O3/c1-13-7-8-15(10-14(13)2)16-6-5-9-26(16)19(29)18(28)22-20-21-12-25(23-20)11-17(27)24(3)4/h7-8,10,12,16H,5-6,9,11H2,1-4H3,(H,22,23,28)/t16-/m1/s1. The average Bonchev–Trinajstić information content (AvgIpc) is 3.32. The highest BCUT2D eigenvalue weighted by molar-refractivity contribution is 6.39. The van der Waals surface area contributed by atoms with Crippen LogP contribution in [0.15, 0.2) is 24.5 Å². The van der Waals surface area contributed by atoms with Crippen molar-refractivity contribution in [2.75, 3.05) is 26.0 Å². The Morgan fingerprint density at radius 3 is 2.66 bits per heavy atom. The zero-order chi connectivity index (χ0) is 21.1. The van der Waals surface area contributed by atoms with Gasteiger partial charge in [0.25, 0.3) is 0 Å². The van der Waals surface area contributed by atoms with Crippen molar-refractivity contribution in [2.24, 2.45) is 0 Å². The Balaban J connectivity index is 1.66. The maximum atomic E-state index is 12.7. The molecule has 1 aromatic carbocycles. The lowest BCUT2D eigenvalue weighted by Gasteiger charge is -2.24. The van der Waals surface area contributed by atoms with Crippen LogP contribution in [0.25, 0.3) is 0 Å². The third kappa shape index (κ3) is 4.61. The van der Waals surface area contributed by atoms with E-state index in [1.807, 2.05) is 26.0 Å². The number of nitrogens with zero attached hydrogens (tertiary/aromatic N) is 5. The van der Waals surface area contributed by atoms with Gasteiger partial charge in [-0.25, -0.2) is 9.67 Å². The van der Waals surface area contributed by atoms with E-state index in [1.165, 1.54) is 21.5 Å². The number of rotatable bonds is 4. The number of benzene rings is 1. The van der Waals surface area contributed by atoms with Gasteiger partial charge in [0.05, 0.1) is 6.04 Å². The van der Waals surface area contributed by atoms with E-state index in [4.69, 9.17) is 0 Å². The molecule has 1 saturated heterocycles. The third-order valence-corrected chi connectivity index (χ3v) is 5.18. The maximum Gasteiger partial charge on any atom is 0.316 e. The number of hydrogen-bond donors (Lipinski definition) is 1. The molecule has 0 saturated carbocycles. The van der Waals surface area contributed by atoms with Crippen molar-refractivity contribution in [3.05, 3.63) is 41.2 Å². The van der Waals surface area contributed by atoms with Crippen molar-refractivity contribution in [2.45, 2.75) is 39.3 Å². The van der Waals surface area contributed by atoms with Gasteiger partial charge in [0.1, 0.15) is 12.9 Å². The first-order chi connectivity index (χ1) is 13.8. The van der Waals surface area contributed by atoms with E-state index in [2.05, 4.69) is 21.5 Å². The summed E-state index contributed by atoms with van der Waals surface area (Å²) in [4.78, 5) is 43.9. The first kappa shape index (κ1) is 20.5. The van der Waals surface area contributed by atoms with Gasteiger partial charge in [0.2, 0.25) is 11.9 Å². The Labute approximate surface area is 169 Å². The van der Waals surface area contributed by atoms with E-state index in [1.54, 1.807) is 19.0 Å². The Morgan fingerprint density at radius 1 is 1.21 bits per heavy atom. The second kappa shape index (κ2) is 8.42. The van der Waals surface area contributed by atoms with Crippen molar-refractivity contribution < 1.29 is 14.4 Å². The minimum absolute atomic E-state index is 0.00293. The van der Waals surface area contributed by atoms with Crippen LogP contribution in [0.5, 0.6) is 0 Å². The van der Waals surface area contributed by atoms with Gasteiger partial charge in [-0.05, 0) is 43.4 Å². The van der Waals surface area contributed by atoms with Crippen LogP contribution in [-0.2, 0) is 20.9 Å². The summed E-state index contributed by atoms with van der Waals surface area (Å²) in [6.45, 7) is 4.62. The molecule has 0 unspecified atom stereocenters. The van der Waals surface area contributed by atoms with E-state index in [0.29, 0.717) is 6.54 Å². The molecule has 0 spiro atoms. The highest BCUT2D eigenvalue weighted by Crippen LogP contribution is 2.32. The molecule has 2 aromatic rings. The molecule has 1 aromatic heterocycles. The topological polar surface area (TPSA) is 100 Å². The Morgan fingerprint density at radius 2 is 1.97 bits per heavy atom. The van der Waals surface area contributed by atoms with Gasteiger partial charge in [-0.1, -0.05) is 18.2 Å². The summed E-state index contributed by atoms with van der Waals surface area (Å²) >= 11 is 0. The number of aryl methyl sites for hydroxylation is 2. The van der Waals surface area contributed by atoms with Crippen LogP contribution >= 0.6 is 0 Å². The number of nitrogens with one attached hydrogen (secondary N) is 1. The van der Waals surface area contributed by atoms with Gasteiger partial charge < -0.3 is 9.80 Å². The third-order valence-electron chi connectivity index (χ3n) is 5.18. The molecule has 9 nitrogen and oxygen atoms in total. The number of likely N-dealkylation sites (N-methyl/N-ethyl adjacent to an activating group) is 1. The van der Waals surface area contributed by atoms with Crippen molar-refractivity contribution in [3.8, 4) is 0 Å². The first-order valence-corrected chi connectivity index (χ1v) is 9.55. The number of amides is 3. The lowest BCUT2D eigenvalue weighted by Crippen LogP contribution is -2.39. The fourth-order valence-electron chi connectivity index (χ4n) is 3.32. The number of hydrogen-bond acceptors (Lipinski definition) is 5. The molecule has 1 aliphatic rings. The highest BCUT2D eigenvalue weighted by atomic mass is 16.2. The molecule has 0 aliphatic carbocycles. The molecule has 3 rings (SSSR count). The zero-order valence-corrected chi connectivity index (χ0v) is 17.2. The normalized spacial score (nSPS) is 16.0. The van der Waals surface area contributed by atoms with E-state index in [9.17, 15) is 14.4 Å². The fourth-order valence-corrected chi connectivity index (χ4v) is 3.32. The quantitative estimate of drug-likeness (QED) is 0.782. The molecule has 1 N–H and O–H groups in total. The molecule has 9 heteroatoms. The molecule has 0 bridgehead atoms. The number of carbonyl (C=O) groups excluding carboxylic acids is 3. The van der Waals surface area contributed by atoms with Gasteiger partial charge in [-0.15, -0.1) is 5.10 Å². The van der Waals surface area contributed by atoms with Crippen LogP contribution in [0.2, 0.25) is 0 Å². The van der Waals surface area contributed by atoms with E-state index in [0.717, 1.165) is 24.0 Å². The number of likely N-dealkylation sites (tertiary alicyclic amines) is 1.